The van der Waals surface area contributed by atoms with Crippen LogP contribution < -0.4 is 4.46 Å². The van der Waals surface area contributed by atoms with Crippen LogP contribution in [0.15, 0.2) is 89.8 Å². The molecule has 0 amide bonds. The molecule has 0 unspecified atom stereocenters. The van der Waals surface area contributed by atoms with Crippen LogP contribution in [0.2, 0.25) is 5.32 Å². The molecule has 31 heavy (non-hydrogen) atoms. The fraction of sp³-hybridized carbons (Fsp3) is 0.308. The van der Waals surface area contributed by atoms with E-state index in [1.165, 1.54) is 10.0 Å². The molecule has 3 nitrogen and oxygen atoms in total. The van der Waals surface area contributed by atoms with Crippen molar-refractivity contribution in [2.24, 2.45) is 11.8 Å². The van der Waals surface area contributed by atoms with Gasteiger partial charge in [0.1, 0.15) is 0 Å². The zero-order valence-electron chi connectivity index (χ0n) is 17.9. The Hall–Kier alpha value is -1.91. The van der Waals surface area contributed by atoms with Crippen molar-refractivity contribution in [3.8, 4) is 0 Å². The van der Waals surface area contributed by atoms with Crippen molar-refractivity contribution in [1.29, 1.82) is 0 Å². The van der Waals surface area contributed by atoms with Gasteiger partial charge in [-0.05, 0) is 0 Å². The monoisotopic (exact) mass is 499 g/mol. The maximum atomic E-state index is 13.2. The quantitative estimate of drug-likeness (QED) is 0.442. The van der Waals surface area contributed by atoms with Crippen LogP contribution in [-0.4, -0.2) is 47.1 Å². The van der Waals surface area contributed by atoms with E-state index in [0.717, 1.165) is 30.5 Å². The summed E-state index contributed by atoms with van der Waals surface area (Å²) in [5.74, 6) is 0.807. The van der Waals surface area contributed by atoms with Crippen LogP contribution >= 0.6 is 0 Å². The summed E-state index contributed by atoms with van der Waals surface area (Å²) >= 11 is 0.362. The molecule has 3 aromatic carbocycles. The van der Waals surface area contributed by atoms with Crippen LogP contribution in [0, 0.1) is 18.8 Å². The number of sulfone groups is 1. The minimum atomic E-state index is -3.29. The van der Waals surface area contributed by atoms with Gasteiger partial charge in [-0.2, -0.15) is 0 Å². The predicted molar refractivity (Wildman–Crippen MR) is 129 cm³/mol. The van der Waals surface area contributed by atoms with Gasteiger partial charge in [-0.3, -0.25) is 0 Å². The first-order chi connectivity index (χ1) is 15.0. The van der Waals surface area contributed by atoms with Gasteiger partial charge in [0.15, 0.2) is 0 Å². The van der Waals surface area contributed by atoms with E-state index in [0.29, 0.717) is 25.8 Å². The molecular formula is C26H29NO2SSe. The van der Waals surface area contributed by atoms with E-state index in [2.05, 4.69) is 53.4 Å². The van der Waals surface area contributed by atoms with Gasteiger partial charge >= 0.3 is 193 Å². The Balaban J connectivity index is 1.49. The first-order valence-corrected chi connectivity index (χ1v) is 14.5. The molecule has 0 aliphatic carbocycles. The van der Waals surface area contributed by atoms with Crippen LogP contribution in [-0.2, 0) is 16.4 Å². The fourth-order valence-electron chi connectivity index (χ4n) is 4.23. The Kier molecular flexibility index (Phi) is 7.29. The van der Waals surface area contributed by atoms with E-state index >= 15 is 0 Å². The van der Waals surface area contributed by atoms with Gasteiger partial charge in [0.2, 0.25) is 0 Å². The summed E-state index contributed by atoms with van der Waals surface area (Å²) in [6.45, 7) is 4.68. The Bertz CT molecular complexity index is 1070. The maximum absolute atomic E-state index is 13.2. The summed E-state index contributed by atoms with van der Waals surface area (Å²) in [5.41, 5.74) is 2.37. The molecule has 0 saturated carbocycles. The number of nitrogens with zero attached hydrogens (tertiary/aromatic N) is 1. The summed E-state index contributed by atoms with van der Waals surface area (Å²) in [6.07, 6.45) is 0. The average molecular weight is 499 g/mol. The molecule has 1 saturated heterocycles. The molecule has 2 atom stereocenters. The molecule has 5 heteroatoms. The standard InChI is InChI=1S/C26H29NO2SSe/c1-21-12-14-25(15-13-21)30(28,29)19-23-17-27(16-22-8-4-2-5-9-22)18-24(23)20-31-26-10-6-3-7-11-26/h2-15,23-24H,16-20H2,1H3/t23-,24-/m0/s1. The molecule has 0 aromatic heterocycles. The molecule has 0 spiro atoms. The van der Waals surface area contributed by atoms with Gasteiger partial charge in [-0.15, -0.1) is 0 Å². The van der Waals surface area contributed by atoms with Gasteiger partial charge in [-0.1, -0.05) is 0 Å². The van der Waals surface area contributed by atoms with E-state index in [4.69, 9.17) is 0 Å². The van der Waals surface area contributed by atoms with Gasteiger partial charge in [0.05, 0.1) is 0 Å². The zero-order valence-corrected chi connectivity index (χ0v) is 20.4. The Labute approximate surface area is 192 Å². The SMILES string of the molecule is Cc1ccc(S(=O)(=O)C[C@@H]2CN(Cc3ccccc3)C[C@H]2C[Se]c2ccccc2)cc1. The third kappa shape index (κ3) is 6.08. The van der Waals surface area contributed by atoms with Gasteiger partial charge < -0.3 is 0 Å². The van der Waals surface area contributed by atoms with E-state index in [9.17, 15) is 8.42 Å². The zero-order chi connectivity index (χ0) is 21.7. The summed E-state index contributed by atoms with van der Waals surface area (Å²) in [5, 5.41) is 1.08. The number of likely N-dealkylation sites (tertiary alicyclic amines) is 1. The number of hydrogen-bond acceptors (Lipinski definition) is 3. The van der Waals surface area contributed by atoms with Gasteiger partial charge in [0.25, 0.3) is 0 Å². The van der Waals surface area contributed by atoms with E-state index in [-0.39, 0.29) is 11.7 Å². The summed E-state index contributed by atoms with van der Waals surface area (Å²) in [4.78, 5) is 2.89. The molecule has 4 rings (SSSR count). The molecule has 3 aromatic rings. The van der Waals surface area contributed by atoms with Crippen LogP contribution in [0.4, 0.5) is 0 Å². The third-order valence-corrected chi connectivity index (χ3v) is 10.3. The third-order valence-electron chi connectivity index (χ3n) is 5.92. The van der Waals surface area contributed by atoms with Crippen molar-refractivity contribution in [3.05, 3.63) is 96.1 Å². The van der Waals surface area contributed by atoms with Crippen LogP contribution in [0.1, 0.15) is 11.1 Å². The average Bonchev–Trinajstić information content (AvgIpc) is 3.14. The molecule has 162 valence electrons. The predicted octanol–water partition coefficient (Wildman–Crippen LogP) is 3.96. The molecule has 1 heterocycles. The number of hydrogen-bond donors (Lipinski definition) is 0. The normalized spacial score (nSPS) is 19.5. The number of rotatable bonds is 8. The summed E-state index contributed by atoms with van der Waals surface area (Å²) in [7, 11) is -3.29. The van der Waals surface area contributed by atoms with Gasteiger partial charge in [-0.25, -0.2) is 0 Å². The summed E-state index contributed by atoms with van der Waals surface area (Å²) < 4.78 is 27.7. The molecular weight excluding hydrogens is 469 g/mol. The van der Waals surface area contributed by atoms with Crippen LogP contribution in [0.3, 0.4) is 0 Å². The van der Waals surface area contributed by atoms with E-state index < -0.39 is 9.84 Å². The first-order valence-electron chi connectivity index (χ1n) is 10.7. The molecule has 1 aliphatic rings. The van der Waals surface area contributed by atoms with Crippen molar-refractivity contribution in [2.45, 2.75) is 23.7 Å². The molecule has 1 fully saturated rings. The number of aryl methyl sites for hydroxylation is 1. The van der Waals surface area contributed by atoms with Gasteiger partial charge in [0, 0.05) is 0 Å². The second-order valence-electron chi connectivity index (χ2n) is 8.42. The van der Waals surface area contributed by atoms with Crippen LogP contribution in [0.25, 0.3) is 0 Å². The van der Waals surface area contributed by atoms with Crippen molar-refractivity contribution >= 4 is 29.3 Å². The van der Waals surface area contributed by atoms with Crippen LogP contribution in [0.5, 0.6) is 0 Å². The van der Waals surface area contributed by atoms with Crippen molar-refractivity contribution in [3.63, 3.8) is 0 Å². The van der Waals surface area contributed by atoms with Crippen molar-refractivity contribution in [1.82, 2.24) is 4.90 Å². The second-order valence-corrected chi connectivity index (χ2v) is 12.7. The first kappa shape index (κ1) is 22.3. The second kappa shape index (κ2) is 10.1. The Morgan fingerprint density at radius 3 is 2.13 bits per heavy atom. The van der Waals surface area contributed by atoms with E-state index in [1.807, 2.05) is 31.2 Å². The fourth-order valence-corrected chi connectivity index (χ4v) is 8.29. The molecule has 0 bridgehead atoms. The number of benzene rings is 3. The van der Waals surface area contributed by atoms with E-state index in [1.54, 1.807) is 12.1 Å². The Morgan fingerprint density at radius 2 is 1.45 bits per heavy atom. The summed E-state index contributed by atoms with van der Waals surface area (Å²) in [6, 6.07) is 28.4. The topological polar surface area (TPSA) is 37.4 Å². The minimum absolute atomic E-state index is 0.167. The molecule has 1 aliphatic heterocycles. The Morgan fingerprint density at radius 1 is 0.839 bits per heavy atom. The van der Waals surface area contributed by atoms with Crippen molar-refractivity contribution < 1.29 is 8.42 Å². The molecule has 0 N–H and O–H groups in total. The van der Waals surface area contributed by atoms with Crippen molar-refractivity contribution in [2.75, 3.05) is 18.8 Å². The molecule has 0 radical (unpaired) electrons.